The summed E-state index contributed by atoms with van der Waals surface area (Å²) >= 11 is 0. The van der Waals surface area contributed by atoms with Crippen molar-refractivity contribution in [1.82, 2.24) is 0 Å². The normalized spacial score (nSPS) is 11.9. The fraction of sp³-hybridized carbons (Fsp3) is 0.733. The zero-order chi connectivity index (χ0) is 24.6. The van der Waals surface area contributed by atoms with Gasteiger partial charge in [-0.15, -0.1) is 0 Å². The van der Waals surface area contributed by atoms with Crippen LogP contribution in [-0.4, -0.2) is 8.42 Å². The van der Waals surface area contributed by atoms with E-state index in [-0.39, 0.29) is 4.90 Å². The molecule has 0 spiro atoms. The van der Waals surface area contributed by atoms with Crippen molar-refractivity contribution in [1.29, 1.82) is 0 Å². The molecule has 0 radical (unpaired) electrons. The summed E-state index contributed by atoms with van der Waals surface area (Å²) in [7, 11) is -3.67. The molecule has 0 amide bonds. The van der Waals surface area contributed by atoms with Gasteiger partial charge >= 0.3 is 10.1 Å². The van der Waals surface area contributed by atoms with Gasteiger partial charge in [0.2, 0.25) is 0 Å². The van der Waals surface area contributed by atoms with E-state index in [1.807, 2.05) is 6.08 Å². The fourth-order valence-corrected chi connectivity index (χ4v) is 5.17. The quantitative estimate of drug-likeness (QED) is 0.0818. The van der Waals surface area contributed by atoms with Crippen LogP contribution in [0.1, 0.15) is 142 Å². The lowest BCUT2D eigenvalue weighted by Gasteiger charge is -2.04. The zero-order valence-corrected chi connectivity index (χ0v) is 22.8. The maximum Gasteiger partial charge on any atom is 0.338 e. The predicted octanol–water partition coefficient (Wildman–Crippen LogP) is 10.1. The number of unbranched alkanes of at least 4 members (excludes halogenated alkanes) is 20. The molecule has 4 heteroatoms. The Balaban J connectivity index is 1.78. The molecule has 0 bridgehead atoms. The minimum absolute atomic E-state index is 0.193. The summed E-state index contributed by atoms with van der Waals surface area (Å²) in [5.41, 5.74) is 0. The Morgan fingerprint density at radius 1 is 0.588 bits per heavy atom. The van der Waals surface area contributed by atoms with Crippen LogP contribution in [0.2, 0.25) is 0 Å². The Hall–Kier alpha value is -1.29. The summed E-state index contributed by atoms with van der Waals surface area (Å²) in [4.78, 5) is 0.193. The van der Waals surface area contributed by atoms with Gasteiger partial charge in [-0.25, -0.2) is 0 Å². The highest BCUT2D eigenvalue weighted by Gasteiger charge is 2.12. The Bertz CT molecular complexity index is 682. The average Bonchev–Trinajstić information content (AvgIpc) is 2.85. The Labute approximate surface area is 211 Å². The van der Waals surface area contributed by atoms with Gasteiger partial charge in [-0.3, -0.25) is 0 Å². The number of allylic oxidation sites excluding steroid dienone is 1. The molecule has 0 unspecified atom stereocenters. The number of hydrogen-bond acceptors (Lipinski definition) is 3. The molecule has 1 aromatic carbocycles. The highest BCUT2D eigenvalue weighted by Crippen LogP contribution is 2.15. The fourth-order valence-electron chi connectivity index (χ4n) is 4.34. The maximum absolute atomic E-state index is 12.0. The lowest BCUT2D eigenvalue weighted by Crippen LogP contribution is -2.01. The first kappa shape index (κ1) is 30.7. The van der Waals surface area contributed by atoms with E-state index in [0.29, 0.717) is 0 Å². The molecule has 0 fully saturated rings. The zero-order valence-electron chi connectivity index (χ0n) is 22.0. The number of hydrogen-bond donors (Lipinski definition) is 0. The van der Waals surface area contributed by atoms with Crippen LogP contribution >= 0.6 is 0 Å². The van der Waals surface area contributed by atoms with E-state index in [1.54, 1.807) is 30.3 Å². The minimum atomic E-state index is -3.67. The Morgan fingerprint density at radius 2 is 0.971 bits per heavy atom. The van der Waals surface area contributed by atoms with Crippen molar-refractivity contribution in [2.45, 2.75) is 147 Å². The molecule has 196 valence electrons. The molecular weight excluding hydrogens is 440 g/mol. The minimum Gasteiger partial charge on any atom is -0.387 e. The monoisotopic (exact) mass is 492 g/mol. The summed E-state index contributed by atoms with van der Waals surface area (Å²) in [5.74, 6) is 0. The van der Waals surface area contributed by atoms with Crippen molar-refractivity contribution in [3.8, 4) is 0 Å². The van der Waals surface area contributed by atoms with Crippen molar-refractivity contribution in [3.63, 3.8) is 0 Å². The summed E-state index contributed by atoms with van der Waals surface area (Å²) in [6.07, 6.45) is 31.6. The average molecular weight is 493 g/mol. The predicted molar refractivity (Wildman–Crippen MR) is 146 cm³/mol. The van der Waals surface area contributed by atoms with Gasteiger partial charge in [-0.05, 0) is 31.1 Å². The van der Waals surface area contributed by atoms with Crippen molar-refractivity contribution in [2.75, 3.05) is 0 Å². The molecule has 3 nitrogen and oxygen atoms in total. The SMILES string of the molecule is CCCCCCCCCCCCCCCCCCCCCCC=COS(=O)(=O)c1ccccc1. The highest BCUT2D eigenvalue weighted by atomic mass is 32.2. The molecule has 34 heavy (non-hydrogen) atoms. The molecule has 1 rings (SSSR count). The third-order valence-corrected chi connectivity index (χ3v) is 7.75. The molecule has 0 saturated carbocycles. The molecule has 1 aromatic rings. The molecule has 0 aliphatic heterocycles. The first-order chi connectivity index (χ1) is 16.7. The largest absolute Gasteiger partial charge is 0.387 e. The van der Waals surface area contributed by atoms with E-state index in [2.05, 4.69) is 6.92 Å². The van der Waals surface area contributed by atoms with E-state index < -0.39 is 10.1 Å². The van der Waals surface area contributed by atoms with E-state index >= 15 is 0 Å². The summed E-state index contributed by atoms with van der Waals surface area (Å²) < 4.78 is 28.9. The second-order valence-corrected chi connectivity index (χ2v) is 11.3. The second kappa shape index (κ2) is 22.2. The number of benzene rings is 1. The van der Waals surface area contributed by atoms with Crippen LogP contribution in [0.5, 0.6) is 0 Å². The third-order valence-electron chi connectivity index (χ3n) is 6.53. The summed E-state index contributed by atoms with van der Waals surface area (Å²) in [5, 5.41) is 0. The molecule has 0 aliphatic carbocycles. The van der Waals surface area contributed by atoms with Crippen molar-refractivity contribution < 1.29 is 12.6 Å². The maximum atomic E-state index is 12.0. The van der Waals surface area contributed by atoms with E-state index in [1.165, 1.54) is 128 Å². The number of rotatable bonds is 24. The van der Waals surface area contributed by atoms with E-state index in [0.717, 1.165) is 12.8 Å². The second-order valence-electron chi connectivity index (χ2n) is 9.74. The van der Waals surface area contributed by atoms with Gasteiger partial charge in [-0.1, -0.05) is 147 Å². The molecule has 0 heterocycles. The van der Waals surface area contributed by atoms with Gasteiger partial charge in [-0.2, -0.15) is 8.42 Å². The van der Waals surface area contributed by atoms with Gasteiger partial charge in [0, 0.05) is 0 Å². The lowest BCUT2D eigenvalue weighted by atomic mass is 10.0. The topological polar surface area (TPSA) is 43.4 Å². The van der Waals surface area contributed by atoms with Gasteiger partial charge < -0.3 is 4.18 Å². The summed E-state index contributed by atoms with van der Waals surface area (Å²) in [6, 6.07) is 8.26. The van der Waals surface area contributed by atoms with Crippen LogP contribution in [0.25, 0.3) is 0 Å². The Kier molecular flexibility index (Phi) is 20.1. The molecule has 0 N–H and O–H groups in total. The van der Waals surface area contributed by atoms with Gasteiger partial charge in [0.15, 0.2) is 0 Å². The molecule has 0 aromatic heterocycles. The van der Waals surface area contributed by atoms with Crippen LogP contribution in [0.3, 0.4) is 0 Å². The smallest absolute Gasteiger partial charge is 0.338 e. The van der Waals surface area contributed by atoms with Crippen molar-refractivity contribution >= 4 is 10.1 Å². The van der Waals surface area contributed by atoms with Crippen molar-refractivity contribution in [2.24, 2.45) is 0 Å². The Morgan fingerprint density at radius 3 is 1.38 bits per heavy atom. The van der Waals surface area contributed by atoms with Gasteiger partial charge in [0.05, 0.1) is 0 Å². The molecule has 0 aliphatic rings. The van der Waals surface area contributed by atoms with Crippen LogP contribution in [-0.2, 0) is 14.3 Å². The summed E-state index contributed by atoms with van der Waals surface area (Å²) in [6.45, 7) is 2.29. The van der Waals surface area contributed by atoms with Crippen molar-refractivity contribution in [3.05, 3.63) is 42.7 Å². The lowest BCUT2D eigenvalue weighted by molar-refractivity contribution is 0.441. The van der Waals surface area contributed by atoms with Crippen LogP contribution in [0.4, 0.5) is 0 Å². The molecule has 0 saturated heterocycles. The van der Waals surface area contributed by atoms with Crippen LogP contribution < -0.4 is 0 Å². The van der Waals surface area contributed by atoms with Gasteiger partial charge in [0.25, 0.3) is 0 Å². The third kappa shape index (κ3) is 18.1. The van der Waals surface area contributed by atoms with Gasteiger partial charge in [0.1, 0.15) is 11.2 Å². The highest BCUT2D eigenvalue weighted by molar-refractivity contribution is 7.86. The van der Waals surface area contributed by atoms with Crippen LogP contribution in [0, 0.1) is 0 Å². The van der Waals surface area contributed by atoms with E-state index in [4.69, 9.17) is 4.18 Å². The first-order valence-corrected chi connectivity index (χ1v) is 15.7. The molecular formula is C30H52O3S. The molecule has 0 atom stereocenters. The van der Waals surface area contributed by atoms with E-state index in [9.17, 15) is 8.42 Å². The standard InChI is InChI=1S/C30H52O3S/c1-2-3-4-5-6-7-8-9-10-11-12-13-14-15-16-17-18-19-20-21-22-26-29-33-34(31,32)30-27-24-23-25-28-30/h23-29H,2-22H2,1H3. The van der Waals surface area contributed by atoms with Crippen LogP contribution in [0.15, 0.2) is 47.6 Å². The first-order valence-electron chi connectivity index (χ1n) is 14.3.